The van der Waals surface area contributed by atoms with Crippen LogP contribution in [0.4, 0.5) is 13.2 Å². The number of ether oxygens (including phenoxy) is 1. The van der Waals surface area contributed by atoms with Gasteiger partial charge in [0, 0.05) is 6.42 Å². The van der Waals surface area contributed by atoms with Gasteiger partial charge in [-0.05, 0) is 26.2 Å². The molecular formula is C12H21F3O4S. The third-order valence-corrected chi connectivity index (χ3v) is 5.24. The molecule has 4 nitrogen and oxygen atoms in total. The van der Waals surface area contributed by atoms with Crippen molar-refractivity contribution in [3.63, 3.8) is 0 Å². The smallest absolute Gasteiger partial charge is 0.389 e. The summed E-state index contributed by atoms with van der Waals surface area (Å²) in [5, 5.41) is 0. The van der Waals surface area contributed by atoms with E-state index in [1.165, 1.54) is 0 Å². The number of sulfone groups is 1. The molecule has 0 unspecified atom stereocenters. The van der Waals surface area contributed by atoms with E-state index in [1.807, 2.05) is 0 Å². The lowest BCUT2D eigenvalue weighted by Gasteiger charge is -2.23. The highest BCUT2D eigenvalue weighted by molar-refractivity contribution is 7.93. The summed E-state index contributed by atoms with van der Waals surface area (Å²) in [6, 6.07) is 0. The lowest BCUT2D eigenvalue weighted by molar-refractivity contribution is -0.146. The highest BCUT2D eigenvalue weighted by Crippen LogP contribution is 2.25. The molecule has 0 N–H and O–H groups in total. The molecule has 0 aromatic heterocycles. The van der Waals surface area contributed by atoms with Gasteiger partial charge in [-0.2, -0.15) is 13.2 Å². The van der Waals surface area contributed by atoms with Crippen LogP contribution in [0.5, 0.6) is 0 Å². The van der Waals surface area contributed by atoms with Gasteiger partial charge in [-0.15, -0.1) is 0 Å². The van der Waals surface area contributed by atoms with Crippen molar-refractivity contribution >= 4 is 15.8 Å². The average Bonchev–Trinajstić information content (AvgIpc) is 2.23. The Morgan fingerprint density at radius 1 is 1.20 bits per heavy atom. The second-order valence-electron chi connectivity index (χ2n) is 5.54. The Morgan fingerprint density at radius 3 is 2.10 bits per heavy atom. The van der Waals surface area contributed by atoms with Crippen LogP contribution in [0.3, 0.4) is 0 Å². The highest BCUT2D eigenvalue weighted by Gasteiger charge is 2.43. The molecule has 0 aromatic carbocycles. The first-order valence-electron chi connectivity index (χ1n) is 6.26. The van der Waals surface area contributed by atoms with Crippen LogP contribution in [0.1, 0.15) is 40.5 Å². The predicted molar refractivity (Wildman–Crippen MR) is 69.0 cm³/mol. The molecule has 0 fully saturated rings. The molecule has 0 rings (SSSR count). The molecule has 8 heteroatoms. The Morgan fingerprint density at radius 2 is 1.70 bits per heavy atom. The molecule has 0 amide bonds. The number of esters is 1. The topological polar surface area (TPSA) is 60.4 Å². The van der Waals surface area contributed by atoms with E-state index in [2.05, 4.69) is 0 Å². The minimum absolute atomic E-state index is 0.0442. The molecule has 0 aliphatic rings. The van der Waals surface area contributed by atoms with Crippen LogP contribution in [0.25, 0.3) is 0 Å². The second-order valence-corrected chi connectivity index (χ2v) is 8.20. The second kappa shape index (κ2) is 6.78. The van der Waals surface area contributed by atoms with Crippen molar-refractivity contribution in [2.75, 3.05) is 12.4 Å². The van der Waals surface area contributed by atoms with E-state index in [0.717, 1.165) is 13.8 Å². The number of alkyl halides is 3. The molecule has 0 saturated heterocycles. The fourth-order valence-corrected chi connectivity index (χ4v) is 2.61. The molecule has 0 bridgehead atoms. The summed E-state index contributed by atoms with van der Waals surface area (Å²) in [5.41, 5.74) is 0. The van der Waals surface area contributed by atoms with Crippen LogP contribution in [-0.2, 0) is 19.4 Å². The zero-order valence-electron chi connectivity index (χ0n) is 12.1. The first-order valence-corrected chi connectivity index (χ1v) is 7.91. The van der Waals surface area contributed by atoms with Crippen LogP contribution in [-0.4, -0.2) is 37.7 Å². The maximum Gasteiger partial charge on any atom is 0.389 e. The molecule has 0 aliphatic carbocycles. The maximum absolute atomic E-state index is 12.0. The SMILES string of the molecule is CC(C)COC(=O)C(C)(C)S(=O)(=O)CCCC(F)(F)F. The van der Waals surface area contributed by atoms with Crippen LogP contribution >= 0.6 is 0 Å². The van der Waals surface area contributed by atoms with Gasteiger partial charge in [-0.25, -0.2) is 8.42 Å². The molecule has 20 heavy (non-hydrogen) atoms. The fourth-order valence-electron chi connectivity index (χ4n) is 1.26. The van der Waals surface area contributed by atoms with Crippen molar-refractivity contribution in [1.29, 1.82) is 0 Å². The van der Waals surface area contributed by atoms with Gasteiger partial charge in [0.05, 0.1) is 12.4 Å². The first-order chi connectivity index (χ1) is 8.79. The molecule has 0 aromatic rings. The van der Waals surface area contributed by atoms with E-state index in [0.29, 0.717) is 0 Å². The lowest BCUT2D eigenvalue weighted by Crippen LogP contribution is -2.43. The summed E-state index contributed by atoms with van der Waals surface area (Å²) in [6.07, 6.45) is -6.16. The summed E-state index contributed by atoms with van der Waals surface area (Å²) in [5.74, 6) is -1.59. The third kappa shape index (κ3) is 6.11. The van der Waals surface area contributed by atoms with E-state index in [-0.39, 0.29) is 12.5 Å². The zero-order chi connectivity index (χ0) is 16.2. The number of carbonyl (C=O) groups is 1. The van der Waals surface area contributed by atoms with E-state index < -0.39 is 45.3 Å². The summed E-state index contributed by atoms with van der Waals surface area (Å²) < 4.78 is 63.0. The maximum atomic E-state index is 12.0. The van der Waals surface area contributed by atoms with Gasteiger partial charge in [-0.3, -0.25) is 4.79 Å². The summed E-state index contributed by atoms with van der Waals surface area (Å²) >= 11 is 0. The van der Waals surface area contributed by atoms with Gasteiger partial charge in [0.25, 0.3) is 0 Å². The Hall–Kier alpha value is -0.790. The Labute approximate surface area is 117 Å². The fraction of sp³-hybridized carbons (Fsp3) is 0.917. The first kappa shape index (κ1) is 19.2. The van der Waals surface area contributed by atoms with Crippen molar-refractivity contribution in [3.05, 3.63) is 0 Å². The van der Waals surface area contributed by atoms with E-state index in [9.17, 15) is 26.4 Å². The van der Waals surface area contributed by atoms with Crippen molar-refractivity contribution in [2.24, 2.45) is 5.92 Å². The van der Waals surface area contributed by atoms with Gasteiger partial charge in [0.15, 0.2) is 14.6 Å². The number of rotatable bonds is 7. The van der Waals surface area contributed by atoms with Crippen molar-refractivity contribution < 1.29 is 31.1 Å². The molecule has 0 radical (unpaired) electrons. The van der Waals surface area contributed by atoms with Gasteiger partial charge >= 0.3 is 12.1 Å². The minimum atomic E-state index is -4.40. The van der Waals surface area contributed by atoms with Gasteiger partial charge in [-0.1, -0.05) is 13.8 Å². The van der Waals surface area contributed by atoms with E-state index in [1.54, 1.807) is 13.8 Å². The molecule has 0 saturated carbocycles. The van der Waals surface area contributed by atoms with Crippen LogP contribution < -0.4 is 0 Å². The third-order valence-electron chi connectivity index (χ3n) is 2.69. The van der Waals surface area contributed by atoms with Gasteiger partial charge in [0.2, 0.25) is 0 Å². The molecule has 0 aliphatic heterocycles. The molecule has 0 atom stereocenters. The molecule has 0 spiro atoms. The number of hydrogen-bond acceptors (Lipinski definition) is 4. The molecule has 120 valence electrons. The van der Waals surface area contributed by atoms with E-state index in [4.69, 9.17) is 4.74 Å². The normalized spacial score (nSPS) is 13.6. The lowest BCUT2D eigenvalue weighted by atomic mass is 10.2. The quantitative estimate of drug-likeness (QED) is 0.677. The highest BCUT2D eigenvalue weighted by atomic mass is 32.2. The Kier molecular flexibility index (Phi) is 6.51. The summed E-state index contributed by atoms with van der Waals surface area (Å²) in [7, 11) is -4.00. The zero-order valence-corrected chi connectivity index (χ0v) is 12.9. The van der Waals surface area contributed by atoms with Crippen molar-refractivity contribution in [2.45, 2.75) is 51.5 Å². The largest absolute Gasteiger partial charge is 0.464 e. The standard InChI is InChI=1S/C12H21F3O4S/c1-9(2)8-19-10(16)11(3,4)20(17,18)7-5-6-12(13,14)15/h9H,5-8H2,1-4H3. The van der Waals surface area contributed by atoms with Crippen molar-refractivity contribution in [1.82, 2.24) is 0 Å². The monoisotopic (exact) mass is 318 g/mol. The van der Waals surface area contributed by atoms with Gasteiger partial charge in [0.1, 0.15) is 0 Å². The number of carbonyl (C=O) groups excluding carboxylic acids is 1. The van der Waals surface area contributed by atoms with Crippen LogP contribution in [0, 0.1) is 5.92 Å². The van der Waals surface area contributed by atoms with Crippen molar-refractivity contribution in [3.8, 4) is 0 Å². The molecule has 0 heterocycles. The minimum Gasteiger partial charge on any atom is -0.464 e. The summed E-state index contributed by atoms with van der Waals surface area (Å²) in [4.78, 5) is 11.8. The molecular weight excluding hydrogens is 297 g/mol. The number of hydrogen-bond donors (Lipinski definition) is 0. The van der Waals surface area contributed by atoms with Crippen LogP contribution in [0.15, 0.2) is 0 Å². The Balaban J connectivity index is 4.68. The van der Waals surface area contributed by atoms with Crippen LogP contribution in [0.2, 0.25) is 0 Å². The number of halogens is 3. The van der Waals surface area contributed by atoms with Gasteiger partial charge < -0.3 is 4.74 Å². The van der Waals surface area contributed by atoms with E-state index >= 15 is 0 Å². The average molecular weight is 318 g/mol. The predicted octanol–water partition coefficient (Wildman–Crippen LogP) is 2.72. The Bertz CT molecular complexity index is 424. The summed E-state index contributed by atoms with van der Waals surface area (Å²) in [6.45, 7) is 5.95.